The number of nitrogens with one attached hydrogen (secondary N) is 2. The van der Waals surface area contributed by atoms with E-state index in [2.05, 4.69) is 24.5 Å². The van der Waals surface area contributed by atoms with E-state index in [1.807, 2.05) is 20.8 Å². The Hall–Kier alpha value is -1.63. The third kappa shape index (κ3) is 7.41. The normalized spacial score (nSPS) is 23.4. The number of amides is 1. The predicted octanol–water partition coefficient (Wildman–Crippen LogP) is 2.57. The van der Waals surface area contributed by atoms with Gasteiger partial charge in [0.25, 0.3) is 0 Å². The van der Waals surface area contributed by atoms with Crippen LogP contribution in [-0.4, -0.2) is 48.2 Å². The van der Waals surface area contributed by atoms with Gasteiger partial charge in [0, 0.05) is 19.0 Å². The minimum absolute atomic E-state index is 0.152. The summed E-state index contributed by atoms with van der Waals surface area (Å²) in [6, 6.07) is -1.23. The Kier molecular flexibility index (Phi) is 9.40. The van der Waals surface area contributed by atoms with Crippen molar-refractivity contribution in [2.24, 2.45) is 11.8 Å². The van der Waals surface area contributed by atoms with Gasteiger partial charge in [0.15, 0.2) is 0 Å². The molecule has 1 saturated heterocycles. The van der Waals surface area contributed by atoms with Gasteiger partial charge in [-0.2, -0.15) is 0 Å². The lowest BCUT2D eigenvalue weighted by molar-refractivity contribution is -0.157. The van der Waals surface area contributed by atoms with Crippen LogP contribution >= 0.6 is 0 Å². The summed E-state index contributed by atoms with van der Waals surface area (Å²) in [5.74, 6) is -0.966. The van der Waals surface area contributed by atoms with Crippen molar-refractivity contribution in [2.45, 2.75) is 97.9 Å². The Morgan fingerprint density at radius 3 is 2.18 bits per heavy atom. The van der Waals surface area contributed by atoms with E-state index >= 15 is 0 Å². The van der Waals surface area contributed by atoms with Crippen molar-refractivity contribution in [1.29, 1.82) is 0 Å². The standard InChI is InChI=1S/C21H38N2O5/c1-8-14(9-2)11-16(22-13(4)24)18-15(19(25)27-10-3)12-17(23-18)20(26)28-21(5,6)7/h14-18,23H,8-12H2,1-7H3,(H,22,24)/t15-,16+,17-,18-/m1/s1. The monoisotopic (exact) mass is 398 g/mol. The van der Waals surface area contributed by atoms with Crippen LogP contribution in [0.4, 0.5) is 0 Å². The van der Waals surface area contributed by atoms with E-state index in [1.165, 1.54) is 6.92 Å². The van der Waals surface area contributed by atoms with Gasteiger partial charge >= 0.3 is 11.9 Å². The first-order chi connectivity index (χ1) is 13.0. The maximum Gasteiger partial charge on any atom is 0.323 e. The molecule has 0 aromatic carbocycles. The molecule has 7 nitrogen and oxygen atoms in total. The zero-order valence-corrected chi connectivity index (χ0v) is 18.5. The summed E-state index contributed by atoms with van der Waals surface area (Å²) in [6.45, 7) is 13.2. The van der Waals surface area contributed by atoms with Crippen LogP contribution in [0.3, 0.4) is 0 Å². The second-order valence-electron chi connectivity index (χ2n) is 8.60. The molecule has 1 fully saturated rings. The van der Waals surface area contributed by atoms with Gasteiger partial charge < -0.3 is 14.8 Å². The SMILES string of the molecule is CCOC(=O)[C@@H]1C[C@H](C(=O)OC(C)(C)C)N[C@H]1[C@H](CC(CC)CC)NC(C)=O. The number of carbonyl (C=O) groups excluding carboxylic acids is 3. The highest BCUT2D eigenvalue weighted by atomic mass is 16.6. The van der Waals surface area contributed by atoms with Crippen molar-refractivity contribution in [3.05, 3.63) is 0 Å². The minimum atomic E-state index is -0.608. The molecule has 0 aromatic rings. The van der Waals surface area contributed by atoms with E-state index < -0.39 is 17.6 Å². The molecule has 1 rings (SSSR count). The molecule has 162 valence electrons. The number of carbonyl (C=O) groups is 3. The van der Waals surface area contributed by atoms with Crippen LogP contribution in [-0.2, 0) is 23.9 Å². The van der Waals surface area contributed by atoms with Gasteiger partial charge in [-0.25, -0.2) is 0 Å². The first-order valence-corrected chi connectivity index (χ1v) is 10.4. The van der Waals surface area contributed by atoms with Crippen LogP contribution in [0.2, 0.25) is 0 Å². The number of esters is 2. The van der Waals surface area contributed by atoms with Crippen molar-refractivity contribution < 1.29 is 23.9 Å². The molecule has 0 aliphatic carbocycles. The molecule has 0 unspecified atom stereocenters. The molecule has 0 saturated carbocycles. The maximum absolute atomic E-state index is 12.6. The van der Waals surface area contributed by atoms with Crippen LogP contribution in [0.1, 0.15) is 74.1 Å². The molecule has 28 heavy (non-hydrogen) atoms. The molecule has 0 spiro atoms. The zero-order valence-electron chi connectivity index (χ0n) is 18.5. The number of hydrogen-bond donors (Lipinski definition) is 2. The number of ether oxygens (including phenoxy) is 2. The van der Waals surface area contributed by atoms with Crippen molar-refractivity contribution in [3.63, 3.8) is 0 Å². The van der Waals surface area contributed by atoms with E-state index in [0.29, 0.717) is 12.3 Å². The van der Waals surface area contributed by atoms with Crippen LogP contribution in [0.25, 0.3) is 0 Å². The molecule has 1 heterocycles. The van der Waals surface area contributed by atoms with Gasteiger partial charge in [0.05, 0.1) is 12.5 Å². The third-order valence-electron chi connectivity index (χ3n) is 5.16. The van der Waals surface area contributed by atoms with Gasteiger partial charge in [0.2, 0.25) is 5.91 Å². The van der Waals surface area contributed by atoms with E-state index in [9.17, 15) is 14.4 Å². The topological polar surface area (TPSA) is 93.7 Å². The van der Waals surface area contributed by atoms with E-state index in [4.69, 9.17) is 9.47 Å². The Morgan fingerprint density at radius 1 is 1.11 bits per heavy atom. The molecule has 7 heteroatoms. The van der Waals surface area contributed by atoms with Crippen LogP contribution in [0.5, 0.6) is 0 Å². The Bertz CT molecular complexity index is 539. The first-order valence-electron chi connectivity index (χ1n) is 10.4. The fourth-order valence-electron chi connectivity index (χ4n) is 3.78. The van der Waals surface area contributed by atoms with E-state index in [1.54, 1.807) is 6.92 Å². The van der Waals surface area contributed by atoms with Crippen LogP contribution < -0.4 is 10.6 Å². The molecule has 2 N–H and O–H groups in total. The fraction of sp³-hybridized carbons (Fsp3) is 0.857. The van der Waals surface area contributed by atoms with Crippen molar-refractivity contribution in [1.82, 2.24) is 10.6 Å². The third-order valence-corrected chi connectivity index (χ3v) is 5.16. The number of hydrogen-bond acceptors (Lipinski definition) is 6. The molecular formula is C21H38N2O5. The van der Waals surface area contributed by atoms with E-state index in [0.717, 1.165) is 19.3 Å². The van der Waals surface area contributed by atoms with Crippen molar-refractivity contribution in [3.8, 4) is 0 Å². The largest absolute Gasteiger partial charge is 0.466 e. The van der Waals surface area contributed by atoms with Crippen molar-refractivity contribution in [2.75, 3.05) is 6.61 Å². The molecule has 1 aliphatic rings. The fourth-order valence-corrected chi connectivity index (χ4v) is 3.78. The summed E-state index contributed by atoms with van der Waals surface area (Å²) in [6.07, 6.45) is 3.01. The highest BCUT2D eigenvalue weighted by Gasteiger charge is 2.47. The lowest BCUT2D eigenvalue weighted by Gasteiger charge is -2.31. The molecule has 0 radical (unpaired) electrons. The molecule has 1 aliphatic heterocycles. The predicted molar refractivity (Wildman–Crippen MR) is 108 cm³/mol. The number of rotatable bonds is 9. The summed E-state index contributed by atoms with van der Waals surface area (Å²) in [7, 11) is 0. The van der Waals surface area contributed by atoms with Crippen molar-refractivity contribution >= 4 is 17.8 Å². The lowest BCUT2D eigenvalue weighted by Crippen LogP contribution is -2.53. The molecule has 1 amide bonds. The van der Waals surface area contributed by atoms with Gasteiger partial charge in [-0.3, -0.25) is 19.7 Å². The van der Waals surface area contributed by atoms with E-state index in [-0.39, 0.29) is 36.5 Å². The minimum Gasteiger partial charge on any atom is -0.466 e. The highest BCUT2D eigenvalue weighted by molar-refractivity contribution is 5.81. The lowest BCUT2D eigenvalue weighted by atomic mass is 9.86. The molecular weight excluding hydrogens is 360 g/mol. The Morgan fingerprint density at radius 2 is 1.71 bits per heavy atom. The van der Waals surface area contributed by atoms with Gasteiger partial charge in [-0.15, -0.1) is 0 Å². The summed E-state index contributed by atoms with van der Waals surface area (Å²) in [5.41, 5.74) is -0.608. The Labute approximate surface area is 169 Å². The smallest absolute Gasteiger partial charge is 0.323 e. The van der Waals surface area contributed by atoms with Gasteiger partial charge in [-0.05, 0) is 46.5 Å². The average molecular weight is 399 g/mol. The quantitative estimate of drug-likeness (QED) is 0.580. The highest BCUT2D eigenvalue weighted by Crippen LogP contribution is 2.29. The van der Waals surface area contributed by atoms with Gasteiger partial charge in [0.1, 0.15) is 11.6 Å². The summed E-state index contributed by atoms with van der Waals surface area (Å²) in [5, 5.41) is 6.27. The summed E-state index contributed by atoms with van der Waals surface area (Å²) < 4.78 is 10.8. The maximum atomic E-state index is 12.6. The summed E-state index contributed by atoms with van der Waals surface area (Å²) >= 11 is 0. The molecule has 4 atom stereocenters. The molecule has 0 bridgehead atoms. The Balaban J connectivity index is 3.09. The second kappa shape index (κ2) is 10.8. The summed E-state index contributed by atoms with van der Waals surface area (Å²) in [4.78, 5) is 37.0. The first kappa shape index (κ1) is 24.4. The second-order valence-corrected chi connectivity index (χ2v) is 8.60. The van der Waals surface area contributed by atoms with Gasteiger partial charge in [-0.1, -0.05) is 26.7 Å². The van der Waals surface area contributed by atoms with Crippen LogP contribution in [0, 0.1) is 11.8 Å². The molecule has 0 aromatic heterocycles. The zero-order chi connectivity index (χ0) is 21.5. The average Bonchev–Trinajstić information content (AvgIpc) is 3.02. The van der Waals surface area contributed by atoms with Crippen LogP contribution in [0.15, 0.2) is 0 Å².